The van der Waals surface area contributed by atoms with Crippen LogP contribution in [0.1, 0.15) is 51.1 Å². The number of ether oxygens (including phenoxy) is 1. The SMILES string of the molecule is COc1ccc(F)cc1C(=O)NCc1ccc(-c2nn(-c3ccc(N4CCC(CN5CCN(c6ccc7c(c6)CN(C6CCC(=O)NC6=O)C7=O)CC5)C4)c(F)c3)c3ncnc(N)c23)cc1. The van der Waals surface area contributed by atoms with Crippen molar-refractivity contribution >= 4 is 51.9 Å². The Morgan fingerprint density at radius 1 is 0.894 bits per heavy atom. The number of hydrogen-bond donors (Lipinski definition) is 3. The molecular weight excluding hydrogens is 849 g/mol. The molecule has 18 heteroatoms. The van der Waals surface area contributed by atoms with Crippen LogP contribution in [0.25, 0.3) is 28.0 Å². The van der Waals surface area contributed by atoms with E-state index in [4.69, 9.17) is 15.6 Å². The molecule has 16 nitrogen and oxygen atoms in total. The van der Waals surface area contributed by atoms with Gasteiger partial charge in [-0.3, -0.25) is 29.4 Å². The number of benzene rings is 4. The van der Waals surface area contributed by atoms with Crippen molar-refractivity contribution in [3.63, 3.8) is 0 Å². The van der Waals surface area contributed by atoms with Crippen LogP contribution in [0.2, 0.25) is 0 Å². The van der Waals surface area contributed by atoms with E-state index >= 15 is 4.39 Å². The fraction of sp³-hybridized carbons (Fsp3) is 0.312. The third-order valence-corrected chi connectivity index (χ3v) is 13.1. The van der Waals surface area contributed by atoms with Crippen LogP contribution in [0.15, 0.2) is 85.2 Å². The van der Waals surface area contributed by atoms with Crippen molar-refractivity contribution in [2.75, 3.05) is 68.5 Å². The number of amides is 4. The molecule has 2 unspecified atom stereocenters. The van der Waals surface area contributed by atoms with Crippen molar-refractivity contribution in [2.45, 2.75) is 38.4 Å². The average molecular weight is 896 g/mol. The number of nitrogens with two attached hydrogens (primary N) is 1. The molecule has 0 bridgehead atoms. The van der Waals surface area contributed by atoms with Crippen molar-refractivity contribution in [1.29, 1.82) is 0 Å². The summed E-state index contributed by atoms with van der Waals surface area (Å²) in [7, 11) is 1.42. The van der Waals surface area contributed by atoms with Crippen LogP contribution >= 0.6 is 0 Å². The topological polar surface area (TPSA) is 184 Å². The summed E-state index contributed by atoms with van der Waals surface area (Å²) in [6.45, 7) is 6.32. The lowest BCUT2D eigenvalue weighted by Gasteiger charge is -2.37. The number of halogens is 2. The molecule has 3 fully saturated rings. The molecule has 4 aliphatic rings. The molecule has 3 saturated heterocycles. The average Bonchev–Trinajstić information content (AvgIpc) is 4.04. The van der Waals surface area contributed by atoms with Gasteiger partial charge < -0.3 is 30.5 Å². The van der Waals surface area contributed by atoms with Gasteiger partial charge in [-0.15, -0.1) is 0 Å². The molecule has 2 atom stereocenters. The summed E-state index contributed by atoms with van der Waals surface area (Å²) in [5.74, 6) is -1.41. The summed E-state index contributed by atoms with van der Waals surface area (Å²) in [6.07, 6.45) is 2.85. The molecule has 6 aromatic rings. The largest absolute Gasteiger partial charge is 0.496 e. The van der Waals surface area contributed by atoms with Gasteiger partial charge in [0.2, 0.25) is 11.8 Å². The number of fused-ring (bicyclic) bond motifs is 2. The number of anilines is 3. The highest BCUT2D eigenvalue weighted by atomic mass is 19.1. The zero-order chi connectivity index (χ0) is 45.6. The Kier molecular flexibility index (Phi) is 11.3. The van der Waals surface area contributed by atoms with Crippen molar-refractivity contribution in [3.8, 4) is 22.7 Å². The molecular formula is C48H47F2N11O5. The monoisotopic (exact) mass is 895 g/mol. The third-order valence-electron chi connectivity index (χ3n) is 13.1. The number of carbonyl (C=O) groups excluding carboxylic acids is 4. The fourth-order valence-electron chi connectivity index (χ4n) is 9.67. The summed E-state index contributed by atoms with van der Waals surface area (Å²) < 4.78 is 36.8. The van der Waals surface area contributed by atoms with Crippen LogP contribution in [0, 0.1) is 17.6 Å². The van der Waals surface area contributed by atoms with E-state index in [-0.39, 0.29) is 47.7 Å². The van der Waals surface area contributed by atoms with E-state index in [0.29, 0.717) is 58.1 Å². The molecule has 4 aliphatic heterocycles. The first-order valence-electron chi connectivity index (χ1n) is 22.0. The van der Waals surface area contributed by atoms with Gasteiger partial charge in [-0.1, -0.05) is 24.3 Å². The maximum absolute atomic E-state index is 16.1. The minimum absolute atomic E-state index is 0.0948. The number of rotatable bonds is 11. The van der Waals surface area contributed by atoms with Gasteiger partial charge in [0.1, 0.15) is 41.3 Å². The van der Waals surface area contributed by atoms with Gasteiger partial charge in [0.05, 0.1) is 29.4 Å². The molecule has 0 spiro atoms. The molecule has 0 radical (unpaired) electrons. The van der Waals surface area contributed by atoms with Crippen LogP contribution in [-0.2, 0) is 22.7 Å². The lowest BCUT2D eigenvalue weighted by Crippen LogP contribution is -2.52. The predicted octanol–water partition coefficient (Wildman–Crippen LogP) is 4.69. The lowest BCUT2D eigenvalue weighted by atomic mass is 10.0. The van der Waals surface area contributed by atoms with E-state index in [1.54, 1.807) is 15.6 Å². The van der Waals surface area contributed by atoms with E-state index in [2.05, 4.69) is 41.4 Å². The number of imide groups is 1. The quantitative estimate of drug-likeness (QED) is 0.153. The van der Waals surface area contributed by atoms with Crippen LogP contribution < -0.4 is 30.9 Å². The third kappa shape index (κ3) is 8.12. The second-order valence-corrected chi connectivity index (χ2v) is 17.2. The second kappa shape index (κ2) is 17.5. The number of hydrogen-bond acceptors (Lipinski definition) is 12. The zero-order valence-corrected chi connectivity index (χ0v) is 36.2. The minimum Gasteiger partial charge on any atom is -0.496 e. The molecule has 4 aromatic carbocycles. The Balaban J connectivity index is 0.758. The van der Waals surface area contributed by atoms with E-state index in [1.807, 2.05) is 42.5 Å². The van der Waals surface area contributed by atoms with Crippen LogP contribution in [0.5, 0.6) is 5.75 Å². The van der Waals surface area contributed by atoms with Crippen molar-refractivity contribution in [2.24, 2.45) is 5.92 Å². The Morgan fingerprint density at radius 2 is 1.70 bits per heavy atom. The molecule has 0 aliphatic carbocycles. The number of nitrogens with one attached hydrogen (secondary N) is 2. The van der Waals surface area contributed by atoms with Crippen LogP contribution in [-0.4, -0.2) is 112 Å². The fourth-order valence-corrected chi connectivity index (χ4v) is 9.67. The van der Waals surface area contributed by atoms with Crippen molar-refractivity contribution in [3.05, 3.63) is 119 Å². The van der Waals surface area contributed by atoms with Crippen LogP contribution in [0.3, 0.4) is 0 Å². The highest BCUT2D eigenvalue weighted by Gasteiger charge is 2.39. The predicted molar refractivity (Wildman–Crippen MR) is 242 cm³/mol. The first kappa shape index (κ1) is 42.5. The van der Waals surface area contributed by atoms with E-state index in [1.165, 1.54) is 31.6 Å². The summed E-state index contributed by atoms with van der Waals surface area (Å²) in [5.41, 5.74) is 12.5. The molecule has 0 saturated carbocycles. The van der Waals surface area contributed by atoms with Gasteiger partial charge >= 0.3 is 0 Å². The number of aromatic nitrogens is 4. The van der Waals surface area contributed by atoms with Crippen molar-refractivity contribution < 1.29 is 32.7 Å². The van der Waals surface area contributed by atoms with Crippen LogP contribution in [0.4, 0.5) is 26.0 Å². The summed E-state index contributed by atoms with van der Waals surface area (Å²) in [6, 6.07) is 21.5. The van der Waals surface area contributed by atoms with Gasteiger partial charge in [-0.25, -0.2) is 23.4 Å². The highest BCUT2D eigenvalue weighted by Crippen LogP contribution is 2.35. The normalized spacial score (nSPS) is 18.8. The molecule has 6 heterocycles. The number of nitrogen functional groups attached to an aromatic ring is 1. The molecule has 66 heavy (non-hydrogen) atoms. The summed E-state index contributed by atoms with van der Waals surface area (Å²) in [4.78, 5) is 67.4. The summed E-state index contributed by atoms with van der Waals surface area (Å²) >= 11 is 0. The first-order chi connectivity index (χ1) is 32.0. The molecule has 2 aromatic heterocycles. The second-order valence-electron chi connectivity index (χ2n) is 17.2. The van der Waals surface area contributed by atoms with E-state index in [0.717, 1.165) is 75.1 Å². The number of piperazine rings is 1. The van der Waals surface area contributed by atoms with E-state index < -0.39 is 23.7 Å². The smallest absolute Gasteiger partial charge is 0.255 e. The number of piperidine rings is 1. The van der Waals surface area contributed by atoms with Gasteiger partial charge in [0.15, 0.2) is 5.65 Å². The molecule has 10 rings (SSSR count). The van der Waals surface area contributed by atoms with Gasteiger partial charge in [0, 0.05) is 88.2 Å². The molecule has 338 valence electrons. The lowest BCUT2D eigenvalue weighted by molar-refractivity contribution is -0.136. The zero-order valence-electron chi connectivity index (χ0n) is 36.2. The van der Waals surface area contributed by atoms with Gasteiger partial charge in [0.25, 0.3) is 11.8 Å². The Morgan fingerprint density at radius 3 is 2.47 bits per heavy atom. The van der Waals surface area contributed by atoms with E-state index in [9.17, 15) is 23.6 Å². The van der Waals surface area contributed by atoms with Gasteiger partial charge in [-0.05, 0) is 78.4 Å². The standard InChI is InChI=1S/C48H47F2N11O5/c1-66-40-12-6-32(49)21-36(40)46(63)52-23-28-2-4-30(5-3-28)43-42-44(51)53-27-54-45(42)61(56-43)34-8-10-38(37(50)22-34)59-15-14-29(25-59)24-57-16-18-58(19-17-57)33-7-9-35-31(20-33)26-60(48(35)65)39-11-13-41(62)55-47(39)64/h2-10,12,20-22,27,29,39H,11,13-19,23-26H2,1H3,(H,52,63)(H2,51,53,54)(H,55,62,64). The Labute approximate surface area is 378 Å². The number of methoxy groups -OCH3 is 1. The Bertz CT molecular complexity index is 2900. The molecule has 4 N–H and O–H groups in total. The number of nitrogens with zero attached hydrogens (tertiary/aromatic N) is 8. The maximum Gasteiger partial charge on any atom is 0.255 e. The maximum atomic E-state index is 16.1. The minimum atomic E-state index is -0.637. The first-order valence-corrected chi connectivity index (χ1v) is 22.0. The van der Waals surface area contributed by atoms with Crippen molar-refractivity contribution in [1.82, 2.24) is 40.2 Å². The van der Waals surface area contributed by atoms with Gasteiger partial charge in [-0.2, -0.15) is 5.10 Å². The Hall–Kier alpha value is -7.47. The number of carbonyl (C=O) groups is 4. The summed E-state index contributed by atoms with van der Waals surface area (Å²) in [5, 5.41) is 10.5. The molecule has 4 amide bonds. The highest BCUT2D eigenvalue weighted by molar-refractivity contribution is 6.05.